The van der Waals surface area contributed by atoms with E-state index in [4.69, 9.17) is 11.6 Å². The number of anilines is 2. The molecule has 4 rings (SSSR count). The van der Waals surface area contributed by atoms with Gasteiger partial charge in [-0.3, -0.25) is 14.6 Å². The van der Waals surface area contributed by atoms with E-state index in [1.807, 2.05) is 25.3 Å². The monoisotopic (exact) mass is 426 g/mol. The van der Waals surface area contributed by atoms with Crippen LogP contribution in [-0.2, 0) is 0 Å². The summed E-state index contributed by atoms with van der Waals surface area (Å²) < 4.78 is 15.4. The van der Waals surface area contributed by atoms with Gasteiger partial charge in [0.1, 0.15) is 11.5 Å². The Morgan fingerprint density at radius 2 is 1.90 bits per heavy atom. The first-order chi connectivity index (χ1) is 14.2. The summed E-state index contributed by atoms with van der Waals surface area (Å²) in [6, 6.07) is 9.25. The number of nitrogens with one attached hydrogen (secondary N) is 1. The Morgan fingerprint density at radius 3 is 2.57 bits per heavy atom. The summed E-state index contributed by atoms with van der Waals surface area (Å²) in [5.74, 6) is -1.16. The first-order valence-electron chi connectivity index (χ1n) is 9.49. The number of hydrogen-bond acceptors (Lipinski definition) is 3. The standard InChI is InChI=1S/C22H20ClFN4O2/c1-12-8-15(9-13(2)25-12)21(29)26-19-6-7-27-14(3)11-28(22(30)20(19)27)16-4-5-18(24)17(23)10-16/h4-10,14H,11H2,1-3H3,(H,26,29)/t14-/m0/s1. The lowest BCUT2D eigenvalue weighted by molar-refractivity contribution is 0.0958. The first-order valence-corrected chi connectivity index (χ1v) is 9.87. The predicted molar refractivity (Wildman–Crippen MR) is 114 cm³/mol. The number of halogens is 2. The SMILES string of the molecule is Cc1cc(C(=O)Nc2ccn3c2C(=O)N(c2ccc(F)c(Cl)c2)C[C@@H]3C)cc(C)n1. The van der Waals surface area contributed by atoms with Crippen LogP contribution in [0.3, 0.4) is 0 Å². The number of amides is 2. The molecule has 154 valence electrons. The van der Waals surface area contributed by atoms with Crippen molar-refractivity contribution in [3.05, 3.63) is 76.1 Å². The average Bonchev–Trinajstić information content (AvgIpc) is 3.10. The summed E-state index contributed by atoms with van der Waals surface area (Å²) >= 11 is 5.91. The second-order valence-electron chi connectivity index (χ2n) is 7.44. The van der Waals surface area contributed by atoms with Gasteiger partial charge in [-0.15, -0.1) is 0 Å². The number of pyridine rings is 1. The van der Waals surface area contributed by atoms with Gasteiger partial charge in [0.25, 0.3) is 11.8 Å². The second kappa shape index (κ2) is 7.57. The Labute approximate surface area is 178 Å². The van der Waals surface area contributed by atoms with E-state index in [0.29, 0.717) is 29.2 Å². The Bertz CT molecular complexity index is 1150. The van der Waals surface area contributed by atoms with Crippen molar-refractivity contribution in [2.45, 2.75) is 26.8 Å². The van der Waals surface area contributed by atoms with Crippen LogP contribution in [-0.4, -0.2) is 27.9 Å². The van der Waals surface area contributed by atoms with Crippen LogP contribution in [0.15, 0.2) is 42.6 Å². The van der Waals surface area contributed by atoms with Crippen LogP contribution in [0, 0.1) is 19.7 Å². The van der Waals surface area contributed by atoms with Gasteiger partial charge in [0.2, 0.25) is 0 Å². The summed E-state index contributed by atoms with van der Waals surface area (Å²) in [7, 11) is 0. The molecule has 0 radical (unpaired) electrons. The van der Waals surface area contributed by atoms with Gasteiger partial charge in [-0.05, 0) is 57.2 Å². The maximum absolute atomic E-state index is 13.6. The molecule has 8 heteroatoms. The van der Waals surface area contributed by atoms with Gasteiger partial charge in [-0.1, -0.05) is 11.6 Å². The lowest BCUT2D eigenvalue weighted by Crippen LogP contribution is -2.42. The van der Waals surface area contributed by atoms with Crippen molar-refractivity contribution in [1.82, 2.24) is 9.55 Å². The van der Waals surface area contributed by atoms with Crippen molar-refractivity contribution < 1.29 is 14.0 Å². The fourth-order valence-corrected chi connectivity index (χ4v) is 3.91. The van der Waals surface area contributed by atoms with Crippen molar-refractivity contribution in [3.8, 4) is 0 Å². The van der Waals surface area contributed by atoms with Crippen LogP contribution in [0.4, 0.5) is 15.8 Å². The van der Waals surface area contributed by atoms with Gasteiger partial charge in [0.15, 0.2) is 0 Å². The number of aryl methyl sites for hydroxylation is 2. The van der Waals surface area contributed by atoms with Gasteiger partial charge in [0.05, 0.1) is 10.7 Å². The average molecular weight is 427 g/mol. The molecule has 2 amide bonds. The summed E-state index contributed by atoms with van der Waals surface area (Å²) in [4.78, 5) is 31.9. The molecule has 0 bridgehead atoms. The molecule has 6 nitrogen and oxygen atoms in total. The summed E-state index contributed by atoms with van der Waals surface area (Å²) in [5, 5.41) is 2.79. The Kier molecular flexibility index (Phi) is 5.07. The second-order valence-corrected chi connectivity index (χ2v) is 7.85. The fraction of sp³-hybridized carbons (Fsp3) is 0.227. The van der Waals surface area contributed by atoms with Gasteiger partial charge in [-0.2, -0.15) is 0 Å². The van der Waals surface area contributed by atoms with Crippen LogP contribution >= 0.6 is 11.6 Å². The van der Waals surface area contributed by atoms with E-state index < -0.39 is 5.82 Å². The molecular weight excluding hydrogens is 407 g/mol. The van der Waals surface area contributed by atoms with Crippen LogP contribution < -0.4 is 10.2 Å². The van der Waals surface area contributed by atoms with Gasteiger partial charge in [0, 0.05) is 41.4 Å². The number of rotatable bonds is 3. The van der Waals surface area contributed by atoms with E-state index in [1.165, 1.54) is 18.2 Å². The largest absolute Gasteiger partial charge is 0.337 e. The quantitative estimate of drug-likeness (QED) is 0.656. The van der Waals surface area contributed by atoms with Crippen LogP contribution in [0.2, 0.25) is 5.02 Å². The van der Waals surface area contributed by atoms with Crippen molar-refractivity contribution in [1.29, 1.82) is 0 Å². The number of carbonyl (C=O) groups is 2. The van der Waals surface area contributed by atoms with Crippen molar-refractivity contribution in [2.75, 3.05) is 16.8 Å². The lowest BCUT2D eigenvalue weighted by Gasteiger charge is -2.33. The Balaban J connectivity index is 1.67. The number of hydrogen-bond donors (Lipinski definition) is 1. The Hall–Kier alpha value is -3.19. The molecule has 0 saturated heterocycles. The highest BCUT2D eigenvalue weighted by Crippen LogP contribution is 2.33. The summed E-state index contributed by atoms with van der Waals surface area (Å²) in [5.41, 5.74) is 3.24. The third-order valence-electron chi connectivity index (χ3n) is 5.09. The maximum Gasteiger partial charge on any atom is 0.277 e. The van der Waals surface area contributed by atoms with Crippen LogP contribution in [0.5, 0.6) is 0 Å². The fourth-order valence-electron chi connectivity index (χ4n) is 3.74. The molecule has 1 aliphatic heterocycles. The summed E-state index contributed by atoms with van der Waals surface area (Å²) in [6.45, 7) is 6.01. The molecule has 3 aromatic rings. The molecule has 0 saturated carbocycles. The van der Waals surface area contributed by atoms with Gasteiger partial charge < -0.3 is 14.8 Å². The minimum atomic E-state index is -0.544. The molecule has 1 N–H and O–H groups in total. The molecule has 30 heavy (non-hydrogen) atoms. The first kappa shape index (κ1) is 20.1. The van der Waals surface area contributed by atoms with E-state index in [0.717, 1.165) is 11.4 Å². The number of aromatic nitrogens is 2. The summed E-state index contributed by atoms with van der Waals surface area (Å²) in [6.07, 6.45) is 1.78. The molecule has 0 aliphatic carbocycles. The van der Waals surface area contributed by atoms with Crippen molar-refractivity contribution in [3.63, 3.8) is 0 Å². The molecule has 3 heterocycles. The van der Waals surface area contributed by atoms with Crippen LogP contribution in [0.25, 0.3) is 0 Å². The third kappa shape index (κ3) is 3.57. The zero-order valence-electron chi connectivity index (χ0n) is 16.7. The highest BCUT2D eigenvalue weighted by Gasteiger charge is 2.33. The number of fused-ring (bicyclic) bond motifs is 1. The molecular formula is C22H20ClFN4O2. The number of carbonyl (C=O) groups excluding carboxylic acids is 2. The zero-order valence-corrected chi connectivity index (χ0v) is 17.5. The highest BCUT2D eigenvalue weighted by molar-refractivity contribution is 6.31. The van der Waals surface area contributed by atoms with Crippen LogP contribution in [0.1, 0.15) is 45.2 Å². The third-order valence-corrected chi connectivity index (χ3v) is 5.38. The molecule has 1 aromatic carbocycles. The maximum atomic E-state index is 13.6. The molecule has 1 atom stereocenters. The minimum absolute atomic E-state index is 0.0439. The van der Waals surface area contributed by atoms with Gasteiger partial charge >= 0.3 is 0 Å². The zero-order chi connectivity index (χ0) is 21.6. The smallest absolute Gasteiger partial charge is 0.277 e. The van der Waals surface area contributed by atoms with E-state index in [1.54, 1.807) is 29.3 Å². The van der Waals surface area contributed by atoms with Gasteiger partial charge in [-0.25, -0.2) is 4.39 Å². The molecule has 1 aliphatic rings. The normalized spacial score (nSPS) is 15.8. The number of benzene rings is 1. The topological polar surface area (TPSA) is 67.2 Å². The van der Waals surface area contributed by atoms with E-state index in [9.17, 15) is 14.0 Å². The lowest BCUT2D eigenvalue weighted by atomic mass is 10.1. The van der Waals surface area contributed by atoms with Crippen molar-refractivity contribution >= 4 is 34.8 Å². The highest BCUT2D eigenvalue weighted by atomic mass is 35.5. The number of nitrogens with zero attached hydrogens (tertiary/aromatic N) is 3. The van der Waals surface area contributed by atoms with E-state index >= 15 is 0 Å². The minimum Gasteiger partial charge on any atom is -0.337 e. The van der Waals surface area contributed by atoms with Crippen molar-refractivity contribution in [2.24, 2.45) is 0 Å². The molecule has 0 spiro atoms. The van der Waals surface area contributed by atoms with E-state index in [2.05, 4.69) is 10.3 Å². The molecule has 2 aromatic heterocycles. The molecule has 0 fully saturated rings. The predicted octanol–water partition coefficient (Wildman–Crippen LogP) is 4.77. The molecule has 0 unspecified atom stereocenters. The Morgan fingerprint density at radius 1 is 1.20 bits per heavy atom. The van der Waals surface area contributed by atoms with E-state index in [-0.39, 0.29) is 22.9 Å².